The SMILES string of the molecule is O=C(Nc1ccc(Oc2ccc3ncc(N4CCNCC4)nc3c2)c(F)c1)c1cccc(F)c1. The van der Waals surface area contributed by atoms with E-state index in [-0.39, 0.29) is 17.0 Å². The number of rotatable bonds is 5. The van der Waals surface area contributed by atoms with Crippen molar-refractivity contribution in [1.82, 2.24) is 15.3 Å². The topological polar surface area (TPSA) is 79.4 Å². The molecule has 1 amide bonds. The van der Waals surface area contributed by atoms with Crippen molar-refractivity contribution >= 4 is 28.4 Å². The van der Waals surface area contributed by atoms with Crippen molar-refractivity contribution in [3.05, 3.63) is 84.1 Å². The minimum atomic E-state index is -0.655. The first-order valence-electron chi connectivity index (χ1n) is 10.8. The second-order valence-electron chi connectivity index (χ2n) is 7.83. The number of piperazine rings is 1. The Morgan fingerprint density at radius 2 is 1.85 bits per heavy atom. The molecule has 2 N–H and O–H groups in total. The summed E-state index contributed by atoms with van der Waals surface area (Å²) >= 11 is 0. The van der Waals surface area contributed by atoms with Gasteiger partial charge in [-0.3, -0.25) is 9.78 Å². The predicted molar refractivity (Wildman–Crippen MR) is 125 cm³/mol. The average Bonchev–Trinajstić information content (AvgIpc) is 2.86. The highest BCUT2D eigenvalue weighted by Gasteiger charge is 2.14. The number of ether oxygens (including phenoxy) is 1. The van der Waals surface area contributed by atoms with Gasteiger partial charge in [0.05, 0.1) is 17.2 Å². The first kappa shape index (κ1) is 21.7. The molecule has 0 radical (unpaired) electrons. The molecular weight excluding hydrogens is 440 g/mol. The number of aromatic nitrogens is 2. The molecule has 3 aromatic carbocycles. The van der Waals surface area contributed by atoms with Crippen molar-refractivity contribution in [1.29, 1.82) is 0 Å². The van der Waals surface area contributed by atoms with E-state index in [4.69, 9.17) is 9.72 Å². The Morgan fingerprint density at radius 3 is 2.65 bits per heavy atom. The van der Waals surface area contributed by atoms with E-state index in [1.807, 2.05) is 0 Å². The first-order chi connectivity index (χ1) is 16.5. The summed E-state index contributed by atoms with van der Waals surface area (Å²) in [5, 5.41) is 5.85. The molecular formula is C25H21F2N5O2. The summed E-state index contributed by atoms with van der Waals surface area (Å²) in [6, 6.07) is 14.5. The van der Waals surface area contributed by atoms with Crippen molar-refractivity contribution in [2.45, 2.75) is 0 Å². The number of amides is 1. The van der Waals surface area contributed by atoms with Gasteiger partial charge in [-0.15, -0.1) is 0 Å². The fourth-order valence-electron chi connectivity index (χ4n) is 3.71. The third-order valence-electron chi connectivity index (χ3n) is 5.45. The standard InChI is InChI=1S/C25H21F2N5O2/c26-17-3-1-2-16(12-17)25(33)30-18-4-7-23(20(27)13-18)34-19-5-6-21-22(14-19)31-24(15-29-21)32-10-8-28-9-11-32/h1-7,12-15,28H,8-11H2,(H,30,33). The Kier molecular flexibility index (Phi) is 6.01. The minimum Gasteiger partial charge on any atom is -0.454 e. The molecule has 0 unspecified atom stereocenters. The molecule has 7 nitrogen and oxygen atoms in total. The highest BCUT2D eigenvalue weighted by atomic mass is 19.1. The lowest BCUT2D eigenvalue weighted by molar-refractivity contribution is 0.102. The molecule has 0 saturated carbocycles. The fourth-order valence-corrected chi connectivity index (χ4v) is 3.71. The summed E-state index contributed by atoms with van der Waals surface area (Å²) in [4.78, 5) is 23.6. The van der Waals surface area contributed by atoms with Crippen LogP contribution in [-0.4, -0.2) is 42.1 Å². The molecule has 1 aliphatic heterocycles. The maximum absolute atomic E-state index is 14.7. The van der Waals surface area contributed by atoms with Crippen LogP contribution in [0.25, 0.3) is 11.0 Å². The van der Waals surface area contributed by atoms with Crippen molar-refractivity contribution in [3.63, 3.8) is 0 Å². The van der Waals surface area contributed by atoms with Crippen molar-refractivity contribution < 1.29 is 18.3 Å². The van der Waals surface area contributed by atoms with E-state index < -0.39 is 17.5 Å². The molecule has 0 bridgehead atoms. The second kappa shape index (κ2) is 9.40. The van der Waals surface area contributed by atoms with Gasteiger partial charge >= 0.3 is 0 Å². The number of anilines is 2. The smallest absolute Gasteiger partial charge is 0.255 e. The van der Waals surface area contributed by atoms with Gasteiger partial charge in [0.2, 0.25) is 0 Å². The monoisotopic (exact) mass is 461 g/mol. The number of nitrogens with one attached hydrogen (secondary N) is 2. The van der Waals surface area contributed by atoms with E-state index in [1.165, 1.54) is 30.3 Å². The van der Waals surface area contributed by atoms with Gasteiger partial charge < -0.3 is 20.3 Å². The molecule has 2 heterocycles. The van der Waals surface area contributed by atoms with E-state index in [1.54, 1.807) is 24.4 Å². The minimum absolute atomic E-state index is 0.00526. The van der Waals surface area contributed by atoms with Crippen LogP contribution >= 0.6 is 0 Å². The van der Waals surface area contributed by atoms with Gasteiger partial charge in [-0.1, -0.05) is 6.07 Å². The number of benzene rings is 3. The summed E-state index contributed by atoms with van der Waals surface area (Å²) < 4.78 is 33.8. The maximum atomic E-state index is 14.7. The number of hydrogen-bond acceptors (Lipinski definition) is 6. The molecule has 1 saturated heterocycles. The van der Waals surface area contributed by atoms with E-state index in [2.05, 4.69) is 20.5 Å². The van der Waals surface area contributed by atoms with E-state index in [0.29, 0.717) is 16.8 Å². The van der Waals surface area contributed by atoms with E-state index >= 15 is 0 Å². The predicted octanol–water partition coefficient (Wildman–Crippen LogP) is 4.36. The molecule has 5 rings (SSSR count). The maximum Gasteiger partial charge on any atom is 0.255 e. The van der Waals surface area contributed by atoms with Crippen LogP contribution in [0.5, 0.6) is 11.5 Å². The van der Waals surface area contributed by atoms with Crippen LogP contribution in [0, 0.1) is 11.6 Å². The van der Waals surface area contributed by atoms with Crippen molar-refractivity contribution in [3.8, 4) is 11.5 Å². The molecule has 1 fully saturated rings. The Morgan fingerprint density at radius 1 is 1.00 bits per heavy atom. The van der Waals surface area contributed by atoms with Crippen LogP contribution in [0.15, 0.2) is 66.9 Å². The Labute approximate surface area is 194 Å². The first-order valence-corrected chi connectivity index (χ1v) is 10.8. The number of nitrogens with zero attached hydrogens (tertiary/aromatic N) is 3. The normalized spacial score (nSPS) is 13.6. The van der Waals surface area contributed by atoms with E-state index in [0.717, 1.165) is 44.1 Å². The zero-order valence-corrected chi connectivity index (χ0v) is 18.1. The molecule has 1 aliphatic rings. The summed E-state index contributed by atoms with van der Waals surface area (Å²) in [6.45, 7) is 3.48. The number of halogens is 2. The van der Waals surface area contributed by atoms with Gasteiger partial charge in [-0.05, 0) is 42.5 Å². The lowest BCUT2D eigenvalue weighted by Crippen LogP contribution is -2.43. The van der Waals surface area contributed by atoms with Gasteiger partial charge in [-0.2, -0.15) is 0 Å². The fraction of sp³-hybridized carbons (Fsp3) is 0.160. The number of fused-ring (bicyclic) bond motifs is 1. The molecule has 0 atom stereocenters. The van der Waals surface area contributed by atoms with Gasteiger partial charge in [-0.25, -0.2) is 13.8 Å². The Bertz CT molecular complexity index is 1360. The zero-order valence-electron chi connectivity index (χ0n) is 18.1. The Hall–Kier alpha value is -4.11. The van der Waals surface area contributed by atoms with Crippen LogP contribution in [-0.2, 0) is 0 Å². The third kappa shape index (κ3) is 4.79. The van der Waals surface area contributed by atoms with Crippen LogP contribution in [0.3, 0.4) is 0 Å². The van der Waals surface area contributed by atoms with Gasteiger partial charge in [0.25, 0.3) is 5.91 Å². The second-order valence-corrected chi connectivity index (χ2v) is 7.83. The number of hydrogen-bond donors (Lipinski definition) is 2. The summed E-state index contributed by atoms with van der Waals surface area (Å²) in [5.74, 6) is -0.527. The highest BCUT2D eigenvalue weighted by molar-refractivity contribution is 6.04. The van der Waals surface area contributed by atoms with Crippen molar-refractivity contribution in [2.24, 2.45) is 0 Å². The third-order valence-corrected chi connectivity index (χ3v) is 5.45. The number of carbonyl (C=O) groups is 1. The lowest BCUT2D eigenvalue weighted by atomic mass is 10.2. The molecule has 0 spiro atoms. The summed E-state index contributed by atoms with van der Waals surface area (Å²) in [5.41, 5.74) is 1.72. The highest BCUT2D eigenvalue weighted by Crippen LogP contribution is 2.29. The van der Waals surface area contributed by atoms with Crippen LogP contribution in [0.4, 0.5) is 20.3 Å². The van der Waals surface area contributed by atoms with Gasteiger partial charge in [0.1, 0.15) is 17.4 Å². The quantitative estimate of drug-likeness (QED) is 0.460. The molecule has 9 heteroatoms. The molecule has 1 aromatic heterocycles. The van der Waals surface area contributed by atoms with Crippen LogP contribution in [0.2, 0.25) is 0 Å². The summed E-state index contributed by atoms with van der Waals surface area (Å²) in [7, 11) is 0. The molecule has 0 aliphatic carbocycles. The molecule has 34 heavy (non-hydrogen) atoms. The van der Waals surface area contributed by atoms with Crippen LogP contribution in [0.1, 0.15) is 10.4 Å². The Balaban J connectivity index is 1.32. The average molecular weight is 461 g/mol. The largest absolute Gasteiger partial charge is 0.454 e. The van der Waals surface area contributed by atoms with E-state index in [9.17, 15) is 13.6 Å². The van der Waals surface area contributed by atoms with Gasteiger partial charge in [0, 0.05) is 49.6 Å². The zero-order chi connectivity index (χ0) is 23.5. The molecule has 4 aromatic rings. The summed E-state index contributed by atoms with van der Waals surface area (Å²) in [6.07, 6.45) is 1.75. The molecule has 172 valence electrons. The lowest BCUT2D eigenvalue weighted by Gasteiger charge is -2.28. The van der Waals surface area contributed by atoms with Gasteiger partial charge in [0.15, 0.2) is 11.6 Å². The van der Waals surface area contributed by atoms with Crippen LogP contribution < -0.4 is 20.3 Å². The number of carbonyl (C=O) groups excluding carboxylic acids is 1. The van der Waals surface area contributed by atoms with Crippen molar-refractivity contribution in [2.75, 3.05) is 36.4 Å².